The number of rotatable bonds is 7. The van der Waals surface area contributed by atoms with Gasteiger partial charge in [0.05, 0.1) is 7.11 Å². The van der Waals surface area contributed by atoms with Gasteiger partial charge in [0.1, 0.15) is 11.7 Å². The van der Waals surface area contributed by atoms with Crippen molar-refractivity contribution in [2.24, 2.45) is 5.92 Å². The molecule has 0 heterocycles. The van der Waals surface area contributed by atoms with E-state index in [0.29, 0.717) is 12.8 Å². The first-order chi connectivity index (χ1) is 6.67. The molecular formula is C11H20O3. The maximum absolute atomic E-state index is 11.6. The Kier molecular flexibility index (Phi) is 7.07. The first-order valence-corrected chi connectivity index (χ1v) is 5.27. The molecule has 0 aliphatic carbocycles. The first-order valence-electron chi connectivity index (χ1n) is 5.27. The molecule has 0 N–H and O–H groups in total. The number of methoxy groups -OCH3 is 1. The third-order valence-electron chi connectivity index (χ3n) is 2.23. The Morgan fingerprint density at radius 2 is 1.86 bits per heavy atom. The summed E-state index contributed by atoms with van der Waals surface area (Å²) in [6.45, 7) is 3.99. The van der Waals surface area contributed by atoms with Crippen LogP contribution < -0.4 is 0 Å². The highest BCUT2D eigenvalue weighted by Gasteiger charge is 2.25. The second kappa shape index (κ2) is 7.54. The van der Waals surface area contributed by atoms with Crippen LogP contribution in [0, 0.1) is 5.92 Å². The van der Waals surface area contributed by atoms with E-state index in [-0.39, 0.29) is 11.8 Å². The zero-order valence-corrected chi connectivity index (χ0v) is 9.34. The van der Waals surface area contributed by atoms with E-state index >= 15 is 0 Å². The molecular weight excluding hydrogens is 180 g/mol. The second-order valence-corrected chi connectivity index (χ2v) is 3.43. The van der Waals surface area contributed by atoms with Crippen LogP contribution in [0.15, 0.2) is 0 Å². The van der Waals surface area contributed by atoms with E-state index < -0.39 is 5.92 Å². The SMILES string of the molecule is CCCCC(=O)C(CCC)C(=O)OC. The quantitative estimate of drug-likeness (QED) is 0.468. The van der Waals surface area contributed by atoms with Crippen LogP contribution in [0.4, 0.5) is 0 Å². The molecule has 3 nitrogen and oxygen atoms in total. The number of ketones is 1. The fourth-order valence-electron chi connectivity index (χ4n) is 1.37. The molecule has 0 bridgehead atoms. The lowest BCUT2D eigenvalue weighted by molar-refractivity contribution is -0.149. The summed E-state index contributed by atoms with van der Waals surface area (Å²) in [5, 5.41) is 0. The maximum atomic E-state index is 11.6. The highest BCUT2D eigenvalue weighted by Crippen LogP contribution is 2.13. The zero-order chi connectivity index (χ0) is 11.0. The molecule has 0 radical (unpaired) electrons. The molecule has 3 heteroatoms. The van der Waals surface area contributed by atoms with Crippen molar-refractivity contribution in [3.8, 4) is 0 Å². The number of carbonyl (C=O) groups excluding carboxylic acids is 2. The lowest BCUT2D eigenvalue weighted by Gasteiger charge is -2.11. The highest BCUT2D eigenvalue weighted by molar-refractivity contribution is 5.98. The van der Waals surface area contributed by atoms with Crippen LogP contribution in [0.25, 0.3) is 0 Å². The molecule has 0 fully saturated rings. The first kappa shape index (κ1) is 13.1. The summed E-state index contributed by atoms with van der Waals surface area (Å²) in [7, 11) is 1.33. The van der Waals surface area contributed by atoms with Gasteiger partial charge in [0.15, 0.2) is 0 Å². The van der Waals surface area contributed by atoms with Gasteiger partial charge in [-0.3, -0.25) is 9.59 Å². The molecule has 0 amide bonds. The minimum Gasteiger partial charge on any atom is -0.468 e. The Morgan fingerprint density at radius 1 is 1.21 bits per heavy atom. The Labute approximate surface area is 85.8 Å². The summed E-state index contributed by atoms with van der Waals surface area (Å²) in [6.07, 6.45) is 3.77. The van der Waals surface area contributed by atoms with E-state index in [1.54, 1.807) is 0 Å². The van der Waals surface area contributed by atoms with Crippen molar-refractivity contribution in [2.45, 2.75) is 46.0 Å². The summed E-state index contributed by atoms with van der Waals surface area (Å²) in [4.78, 5) is 22.9. The molecule has 0 aromatic heterocycles. The molecule has 0 aromatic rings. The van der Waals surface area contributed by atoms with E-state index in [9.17, 15) is 9.59 Å². The van der Waals surface area contributed by atoms with Gasteiger partial charge in [-0.2, -0.15) is 0 Å². The van der Waals surface area contributed by atoms with Crippen molar-refractivity contribution >= 4 is 11.8 Å². The van der Waals surface area contributed by atoms with E-state index in [1.807, 2.05) is 13.8 Å². The Balaban J connectivity index is 4.18. The molecule has 0 aromatic carbocycles. The van der Waals surface area contributed by atoms with Crippen LogP contribution in [0.2, 0.25) is 0 Å². The number of hydrogen-bond acceptors (Lipinski definition) is 3. The minimum atomic E-state index is -0.531. The van der Waals surface area contributed by atoms with Crippen LogP contribution in [0.3, 0.4) is 0 Å². The summed E-state index contributed by atoms with van der Waals surface area (Å²) in [5.41, 5.74) is 0. The van der Waals surface area contributed by atoms with Crippen molar-refractivity contribution in [1.82, 2.24) is 0 Å². The predicted octanol–water partition coefficient (Wildman–Crippen LogP) is 2.33. The van der Waals surface area contributed by atoms with Gasteiger partial charge in [-0.15, -0.1) is 0 Å². The molecule has 1 unspecified atom stereocenters. The van der Waals surface area contributed by atoms with E-state index in [0.717, 1.165) is 19.3 Å². The van der Waals surface area contributed by atoms with Crippen LogP contribution in [0.5, 0.6) is 0 Å². The fourth-order valence-corrected chi connectivity index (χ4v) is 1.37. The van der Waals surface area contributed by atoms with Gasteiger partial charge < -0.3 is 4.74 Å². The summed E-state index contributed by atoms with van der Waals surface area (Å²) in [5.74, 6) is -0.884. The van der Waals surface area contributed by atoms with Crippen LogP contribution >= 0.6 is 0 Å². The van der Waals surface area contributed by atoms with Crippen molar-refractivity contribution in [2.75, 3.05) is 7.11 Å². The number of Topliss-reactive ketones (excluding diaryl/α,β-unsaturated/α-hetero) is 1. The molecule has 0 saturated heterocycles. The van der Waals surface area contributed by atoms with Gasteiger partial charge in [0.25, 0.3) is 0 Å². The number of ether oxygens (including phenoxy) is 1. The average molecular weight is 200 g/mol. The molecule has 82 valence electrons. The number of hydrogen-bond donors (Lipinski definition) is 0. The molecule has 0 spiro atoms. The van der Waals surface area contributed by atoms with Gasteiger partial charge in [-0.1, -0.05) is 26.7 Å². The third-order valence-corrected chi connectivity index (χ3v) is 2.23. The van der Waals surface area contributed by atoms with Crippen molar-refractivity contribution in [3.63, 3.8) is 0 Å². The number of esters is 1. The van der Waals surface area contributed by atoms with Crippen LogP contribution in [-0.2, 0) is 14.3 Å². The molecule has 14 heavy (non-hydrogen) atoms. The standard InChI is InChI=1S/C11H20O3/c1-4-6-8-10(12)9(7-5-2)11(13)14-3/h9H,4-8H2,1-3H3. The normalized spacial score (nSPS) is 12.2. The molecule has 1 atom stereocenters. The van der Waals surface area contributed by atoms with Crippen LogP contribution in [-0.4, -0.2) is 18.9 Å². The van der Waals surface area contributed by atoms with Gasteiger partial charge in [-0.25, -0.2) is 0 Å². The Hall–Kier alpha value is -0.860. The minimum absolute atomic E-state index is 0.0283. The van der Waals surface area contributed by atoms with Gasteiger partial charge >= 0.3 is 5.97 Å². The lowest BCUT2D eigenvalue weighted by Crippen LogP contribution is -2.25. The van der Waals surface area contributed by atoms with Crippen LogP contribution in [0.1, 0.15) is 46.0 Å². The monoisotopic (exact) mass is 200 g/mol. The lowest BCUT2D eigenvalue weighted by atomic mass is 9.95. The summed E-state index contributed by atoms with van der Waals surface area (Å²) in [6, 6.07) is 0. The van der Waals surface area contributed by atoms with Crippen molar-refractivity contribution < 1.29 is 14.3 Å². The topological polar surface area (TPSA) is 43.4 Å². The number of carbonyl (C=O) groups is 2. The van der Waals surface area contributed by atoms with Gasteiger partial charge in [0.2, 0.25) is 0 Å². The average Bonchev–Trinajstić information content (AvgIpc) is 2.21. The van der Waals surface area contributed by atoms with Crippen molar-refractivity contribution in [3.05, 3.63) is 0 Å². The van der Waals surface area contributed by atoms with Gasteiger partial charge in [0, 0.05) is 6.42 Å². The second-order valence-electron chi connectivity index (χ2n) is 3.43. The largest absolute Gasteiger partial charge is 0.468 e. The Bertz CT molecular complexity index is 187. The predicted molar refractivity (Wildman–Crippen MR) is 54.9 cm³/mol. The highest BCUT2D eigenvalue weighted by atomic mass is 16.5. The molecule has 0 saturated carbocycles. The zero-order valence-electron chi connectivity index (χ0n) is 9.34. The smallest absolute Gasteiger partial charge is 0.316 e. The van der Waals surface area contributed by atoms with E-state index in [1.165, 1.54) is 7.11 Å². The molecule has 0 rings (SSSR count). The fraction of sp³-hybridized carbons (Fsp3) is 0.818. The number of unbranched alkanes of at least 4 members (excludes halogenated alkanes) is 1. The van der Waals surface area contributed by atoms with Crippen molar-refractivity contribution in [1.29, 1.82) is 0 Å². The van der Waals surface area contributed by atoms with E-state index in [4.69, 9.17) is 0 Å². The summed E-state index contributed by atoms with van der Waals surface area (Å²) >= 11 is 0. The summed E-state index contributed by atoms with van der Waals surface area (Å²) < 4.78 is 4.61. The molecule has 0 aliphatic rings. The third kappa shape index (κ3) is 4.40. The van der Waals surface area contributed by atoms with Gasteiger partial charge in [-0.05, 0) is 12.8 Å². The maximum Gasteiger partial charge on any atom is 0.316 e. The van der Waals surface area contributed by atoms with E-state index in [2.05, 4.69) is 4.74 Å². The molecule has 0 aliphatic heterocycles. The Morgan fingerprint density at radius 3 is 2.29 bits per heavy atom.